The minimum Gasteiger partial charge on any atom is -0.492 e. The molecule has 2 atom stereocenters. The van der Waals surface area contributed by atoms with Gasteiger partial charge in [0.05, 0.1) is 12.3 Å². The highest BCUT2D eigenvalue weighted by molar-refractivity contribution is 5.95. The zero-order valence-corrected chi connectivity index (χ0v) is 17.4. The van der Waals surface area contributed by atoms with Gasteiger partial charge in [-0.1, -0.05) is 66.7 Å². The molecule has 1 amide bonds. The third-order valence-electron chi connectivity index (χ3n) is 5.73. The van der Waals surface area contributed by atoms with Gasteiger partial charge in [0.15, 0.2) is 6.04 Å². The zero-order chi connectivity index (χ0) is 20.8. The van der Waals surface area contributed by atoms with Crippen LogP contribution in [0.1, 0.15) is 48.5 Å². The molecule has 0 saturated heterocycles. The Balaban J connectivity index is 1.61. The summed E-state index contributed by atoms with van der Waals surface area (Å²) in [5.41, 5.74) is 4.47. The van der Waals surface area contributed by atoms with Crippen LogP contribution in [-0.2, 0) is 11.2 Å². The first kappa shape index (κ1) is 20.2. The van der Waals surface area contributed by atoms with E-state index in [0.29, 0.717) is 18.0 Å². The third-order valence-corrected chi connectivity index (χ3v) is 5.73. The van der Waals surface area contributed by atoms with Gasteiger partial charge in [0.2, 0.25) is 0 Å². The fourth-order valence-corrected chi connectivity index (χ4v) is 4.30. The number of hydrogen-bond acceptors (Lipinski definition) is 2. The molecule has 4 rings (SSSR count). The number of aryl methyl sites for hydroxylation is 1. The van der Waals surface area contributed by atoms with Gasteiger partial charge in [-0.2, -0.15) is 0 Å². The molecule has 4 heteroatoms. The minimum atomic E-state index is -0.336. The summed E-state index contributed by atoms with van der Waals surface area (Å²) in [5, 5.41) is 5.34. The quantitative estimate of drug-likeness (QED) is 0.616. The summed E-state index contributed by atoms with van der Waals surface area (Å²) in [4.78, 5) is 13.5. The number of ether oxygens (including phenoxy) is 1. The second kappa shape index (κ2) is 9.59. The fourth-order valence-electron chi connectivity index (χ4n) is 4.30. The lowest BCUT2D eigenvalue weighted by Gasteiger charge is -2.27. The van der Waals surface area contributed by atoms with Crippen LogP contribution in [0.25, 0.3) is 0 Å². The number of carbonyl (C=O) groups is 1. The molecule has 3 aromatic rings. The SMILES string of the molecule is CCOc1ccccc1NC(=O)[C@@H]([NH2+][C@H]1CCCc2ccccc21)c1ccccc1. The number of amides is 1. The zero-order valence-electron chi connectivity index (χ0n) is 17.4. The predicted octanol–water partition coefficient (Wildman–Crippen LogP) is 4.41. The van der Waals surface area contributed by atoms with Crippen LogP contribution >= 0.6 is 0 Å². The highest BCUT2D eigenvalue weighted by Gasteiger charge is 2.31. The normalized spacial score (nSPS) is 16.4. The smallest absolute Gasteiger partial charge is 0.287 e. The molecule has 0 aromatic heterocycles. The standard InChI is InChI=1S/C26H28N2O2/c1-2-30-24-18-9-8-16-23(24)28-26(29)25(20-12-4-3-5-13-20)27-22-17-10-14-19-11-6-7-15-21(19)22/h3-9,11-13,15-16,18,22,25,27H,2,10,14,17H2,1H3,(H,28,29)/p+1/t22-,25-/m0/s1. The fraction of sp³-hybridized carbons (Fsp3) is 0.269. The molecule has 30 heavy (non-hydrogen) atoms. The Kier molecular flexibility index (Phi) is 6.45. The summed E-state index contributed by atoms with van der Waals surface area (Å²) < 4.78 is 5.69. The molecule has 0 heterocycles. The van der Waals surface area contributed by atoms with E-state index in [1.807, 2.05) is 61.5 Å². The molecule has 4 nitrogen and oxygen atoms in total. The molecule has 154 valence electrons. The lowest BCUT2D eigenvalue weighted by atomic mass is 9.87. The number of hydrogen-bond donors (Lipinski definition) is 2. The van der Waals surface area contributed by atoms with Crippen LogP contribution in [0.4, 0.5) is 5.69 Å². The maximum atomic E-state index is 13.5. The number of anilines is 1. The van der Waals surface area contributed by atoms with E-state index in [1.54, 1.807) is 0 Å². The van der Waals surface area contributed by atoms with Crippen molar-refractivity contribution in [2.75, 3.05) is 11.9 Å². The molecular weight excluding hydrogens is 372 g/mol. The Bertz CT molecular complexity index is 987. The minimum absolute atomic E-state index is 0.0311. The summed E-state index contributed by atoms with van der Waals surface area (Å²) in [6.45, 7) is 2.50. The van der Waals surface area contributed by atoms with Gasteiger partial charge in [-0.25, -0.2) is 0 Å². The highest BCUT2D eigenvalue weighted by atomic mass is 16.5. The number of nitrogens with two attached hydrogens (primary N) is 1. The number of fused-ring (bicyclic) bond motifs is 1. The highest BCUT2D eigenvalue weighted by Crippen LogP contribution is 2.29. The van der Waals surface area contributed by atoms with Crippen LogP contribution in [-0.4, -0.2) is 12.5 Å². The van der Waals surface area contributed by atoms with Gasteiger partial charge < -0.3 is 15.4 Å². The van der Waals surface area contributed by atoms with Crippen molar-refractivity contribution in [1.29, 1.82) is 0 Å². The van der Waals surface area contributed by atoms with Crippen molar-refractivity contribution in [3.8, 4) is 5.75 Å². The molecule has 0 radical (unpaired) electrons. The summed E-state index contributed by atoms with van der Waals surface area (Å²) in [5.74, 6) is 0.666. The van der Waals surface area contributed by atoms with Crippen molar-refractivity contribution in [2.45, 2.75) is 38.3 Å². The van der Waals surface area contributed by atoms with Crippen LogP contribution < -0.4 is 15.4 Å². The van der Waals surface area contributed by atoms with Gasteiger partial charge in [0, 0.05) is 17.5 Å². The largest absolute Gasteiger partial charge is 0.492 e. The van der Waals surface area contributed by atoms with Gasteiger partial charge >= 0.3 is 0 Å². The first-order valence-electron chi connectivity index (χ1n) is 10.8. The Hall–Kier alpha value is -3.11. The summed E-state index contributed by atoms with van der Waals surface area (Å²) in [6, 6.07) is 26.2. The van der Waals surface area contributed by atoms with Crippen molar-refractivity contribution in [3.05, 3.63) is 95.6 Å². The van der Waals surface area contributed by atoms with E-state index in [-0.39, 0.29) is 18.0 Å². The van der Waals surface area contributed by atoms with Crippen LogP contribution in [0.2, 0.25) is 0 Å². The number of benzene rings is 3. The van der Waals surface area contributed by atoms with E-state index in [1.165, 1.54) is 11.1 Å². The second-order valence-electron chi connectivity index (χ2n) is 7.70. The van der Waals surface area contributed by atoms with E-state index in [9.17, 15) is 4.79 Å². The maximum Gasteiger partial charge on any atom is 0.287 e. The average Bonchev–Trinajstić information content (AvgIpc) is 2.79. The Morgan fingerprint density at radius 3 is 2.60 bits per heavy atom. The maximum absolute atomic E-state index is 13.5. The molecule has 1 aliphatic rings. The molecule has 3 N–H and O–H groups in total. The van der Waals surface area contributed by atoms with E-state index in [4.69, 9.17) is 4.74 Å². The van der Waals surface area contributed by atoms with Gasteiger partial charge in [0.25, 0.3) is 5.91 Å². The van der Waals surface area contributed by atoms with Gasteiger partial charge in [-0.05, 0) is 37.5 Å². The lowest BCUT2D eigenvalue weighted by molar-refractivity contribution is -0.723. The van der Waals surface area contributed by atoms with Crippen molar-refractivity contribution in [1.82, 2.24) is 0 Å². The molecule has 1 aliphatic carbocycles. The van der Waals surface area contributed by atoms with Crippen LogP contribution in [0, 0.1) is 0 Å². The summed E-state index contributed by atoms with van der Waals surface area (Å²) >= 11 is 0. The molecule has 0 saturated carbocycles. The van der Waals surface area contributed by atoms with Gasteiger partial charge in [-0.15, -0.1) is 0 Å². The molecule has 0 spiro atoms. The number of rotatable bonds is 7. The monoisotopic (exact) mass is 401 g/mol. The number of quaternary nitrogens is 1. The Morgan fingerprint density at radius 2 is 1.77 bits per heavy atom. The van der Waals surface area contributed by atoms with E-state index < -0.39 is 0 Å². The van der Waals surface area contributed by atoms with Crippen molar-refractivity contribution in [3.63, 3.8) is 0 Å². The third kappa shape index (κ3) is 4.55. The Labute approximate surface area is 178 Å². The number of para-hydroxylation sites is 2. The second-order valence-corrected chi connectivity index (χ2v) is 7.70. The van der Waals surface area contributed by atoms with Crippen LogP contribution in [0.15, 0.2) is 78.9 Å². The molecular formula is C26H29N2O2+. The molecule has 0 unspecified atom stereocenters. The first-order chi connectivity index (χ1) is 14.8. The molecule has 3 aromatic carbocycles. The summed E-state index contributed by atoms with van der Waals surface area (Å²) in [6.07, 6.45) is 3.34. The molecule has 0 fully saturated rings. The van der Waals surface area contributed by atoms with E-state index in [0.717, 1.165) is 24.8 Å². The van der Waals surface area contributed by atoms with Crippen LogP contribution in [0.3, 0.4) is 0 Å². The Morgan fingerprint density at radius 1 is 1.03 bits per heavy atom. The molecule has 0 bridgehead atoms. The van der Waals surface area contributed by atoms with Gasteiger partial charge in [0.1, 0.15) is 11.8 Å². The van der Waals surface area contributed by atoms with Crippen molar-refractivity contribution >= 4 is 11.6 Å². The van der Waals surface area contributed by atoms with Crippen molar-refractivity contribution < 1.29 is 14.8 Å². The first-order valence-corrected chi connectivity index (χ1v) is 10.8. The van der Waals surface area contributed by atoms with E-state index in [2.05, 4.69) is 34.9 Å². The predicted molar refractivity (Wildman–Crippen MR) is 119 cm³/mol. The topological polar surface area (TPSA) is 54.9 Å². The number of nitrogens with one attached hydrogen (secondary N) is 1. The van der Waals surface area contributed by atoms with Crippen LogP contribution in [0.5, 0.6) is 5.75 Å². The summed E-state index contributed by atoms with van der Waals surface area (Å²) in [7, 11) is 0. The lowest BCUT2D eigenvalue weighted by Crippen LogP contribution is -2.88. The van der Waals surface area contributed by atoms with Gasteiger partial charge in [-0.3, -0.25) is 4.79 Å². The van der Waals surface area contributed by atoms with Crippen molar-refractivity contribution in [2.24, 2.45) is 0 Å². The van der Waals surface area contributed by atoms with E-state index >= 15 is 0 Å². The average molecular weight is 402 g/mol. The number of carbonyl (C=O) groups excluding carboxylic acids is 1. The molecule has 0 aliphatic heterocycles.